The van der Waals surface area contributed by atoms with E-state index in [1.807, 2.05) is 6.92 Å². The Labute approximate surface area is 113 Å². The van der Waals surface area contributed by atoms with Gasteiger partial charge in [-0.25, -0.2) is 0 Å². The molecule has 0 amide bonds. The number of rotatable bonds is 4. The van der Waals surface area contributed by atoms with Crippen LogP contribution >= 0.6 is 23.5 Å². The monoisotopic (exact) mass is 270 g/mol. The molecule has 0 bridgehead atoms. The molecule has 0 aliphatic heterocycles. The third kappa shape index (κ3) is 3.75. The van der Waals surface area contributed by atoms with E-state index in [0.29, 0.717) is 10.5 Å². The number of aryl methyl sites for hydroxylation is 1. The summed E-state index contributed by atoms with van der Waals surface area (Å²) in [7, 11) is 0. The van der Waals surface area contributed by atoms with Crippen molar-refractivity contribution in [1.82, 2.24) is 0 Å². The minimum absolute atomic E-state index is 0.485. The van der Waals surface area contributed by atoms with E-state index in [1.54, 1.807) is 23.5 Å². The van der Waals surface area contributed by atoms with Gasteiger partial charge in [0, 0.05) is 15.4 Å². The molecule has 0 heterocycles. The molecule has 0 aliphatic rings. The molecule has 0 atom stereocenters. The third-order valence-corrected chi connectivity index (χ3v) is 4.45. The van der Waals surface area contributed by atoms with Crippen LogP contribution in [0.25, 0.3) is 0 Å². The Bertz CT molecular complexity index is 401. The van der Waals surface area contributed by atoms with Crippen LogP contribution in [-0.4, -0.2) is 10.5 Å². The number of hydrogen-bond donors (Lipinski definition) is 2. The molecular formula is C13H22N2S2. The lowest BCUT2D eigenvalue weighted by Gasteiger charge is -2.17. The van der Waals surface area contributed by atoms with Gasteiger partial charge in [-0.05, 0) is 18.6 Å². The lowest BCUT2D eigenvalue weighted by atomic mass is 10.2. The maximum absolute atomic E-state index is 6.23. The lowest BCUT2D eigenvalue weighted by molar-refractivity contribution is 1.10. The van der Waals surface area contributed by atoms with Crippen LogP contribution in [0.4, 0.5) is 11.4 Å². The van der Waals surface area contributed by atoms with E-state index in [2.05, 4.69) is 33.8 Å². The van der Waals surface area contributed by atoms with E-state index >= 15 is 0 Å². The Morgan fingerprint density at radius 1 is 0.941 bits per heavy atom. The van der Waals surface area contributed by atoms with Gasteiger partial charge in [-0.2, -0.15) is 0 Å². The highest BCUT2D eigenvalue weighted by atomic mass is 32.2. The van der Waals surface area contributed by atoms with E-state index in [-0.39, 0.29) is 0 Å². The number of nitrogen functional groups attached to an aromatic ring is 2. The highest BCUT2D eigenvalue weighted by Crippen LogP contribution is 2.42. The van der Waals surface area contributed by atoms with Crippen LogP contribution in [0.1, 0.15) is 33.3 Å². The van der Waals surface area contributed by atoms with Crippen molar-refractivity contribution in [2.24, 2.45) is 0 Å². The molecule has 0 saturated carbocycles. The van der Waals surface area contributed by atoms with Crippen molar-refractivity contribution >= 4 is 34.9 Å². The first kappa shape index (κ1) is 14.6. The molecule has 0 saturated heterocycles. The average molecular weight is 270 g/mol. The fourth-order valence-corrected chi connectivity index (χ4v) is 3.54. The Kier molecular flexibility index (Phi) is 5.07. The first-order valence-electron chi connectivity index (χ1n) is 5.84. The normalized spacial score (nSPS) is 11.5. The summed E-state index contributed by atoms with van der Waals surface area (Å²) in [5.41, 5.74) is 15.1. The zero-order valence-corrected chi connectivity index (χ0v) is 12.8. The molecule has 4 N–H and O–H groups in total. The van der Waals surface area contributed by atoms with Crippen LogP contribution in [0.5, 0.6) is 0 Å². The number of hydrogen-bond acceptors (Lipinski definition) is 4. The molecule has 1 rings (SSSR count). The van der Waals surface area contributed by atoms with Gasteiger partial charge in [0.25, 0.3) is 0 Å². The van der Waals surface area contributed by atoms with Crippen molar-refractivity contribution in [2.45, 2.75) is 54.9 Å². The van der Waals surface area contributed by atoms with E-state index in [9.17, 15) is 0 Å². The van der Waals surface area contributed by atoms with E-state index in [4.69, 9.17) is 11.5 Å². The molecule has 0 aromatic heterocycles. The zero-order valence-electron chi connectivity index (χ0n) is 11.2. The molecule has 0 aliphatic carbocycles. The molecule has 0 spiro atoms. The Morgan fingerprint density at radius 2 is 1.47 bits per heavy atom. The molecule has 0 unspecified atom stereocenters. The van der Waals surface area contributed by atoms with Gasteiger partial charge in [-0.3, -0.25) is 0 Å². The van der Waals surface area contributed by atoms with Gasteiger partial charge in [-0.15, -0.1) is 23.5 Å². The van der Waals surface area contributed by atoms with Gasteiger partial charge in [-0.1, -0.05) is 27.7 Å². The SMILES string of the molecule is Cc1cc(SC(C)C)c(N)c(SC(C)C)c1N. The second kappa shape index (κ2) is 5.91. The molecule has 4 heteroatoms. The average Bonchev–Trinajstić information content (AvgIpc) is 2.20. The first-order chi connectivity index (χ1) is 7.82. The summed E-state index contributed by atoms with van der Waals surface area (Å²) in [5.74, 6) is 0. The predicted molar refractivity (Wildman–Crippen MR) is 82.0 cm³/mol. The molecule has 96 valence electrons. The topological polar surface area (TPSA) is 52.0 Å². The number of anilines is 2. The summed E-state index contributed by atoms with van der Waals surface area (Å²) in [6.45, 7) is 10.7. The first-order valence-corrected chi connectivity index (χ1v) is 7.60. The van der Waals surface area contributed by atoms with Crippen molar-refractivity contribution in [1.29, 1.82) is 0 Å². The van der Waals surface area contributed by atoms with Crippen LogP contribution in [0.2, 0.25) is 0 Å². The number of benzene rings is 1. The maximum atomic E-state index is 6.23. The quantitative estimate of drug-likeness (QED) is 0.637. The highest BCUT2D eigenvalue weighted by Gasteiger charge is 2.15. The number of nitrogens with two attached hydrogens (primary N) is 2. The summed E-state index contributed by atoms with van der Waals surface area (Å²) >= 11 is 3.54. The molecule has 2 nitrogen and oxygen atoms in total. The van der Waals surface area contributed by atoms with E-state index < -0.39 is 0 Å². The Hall–Kier alpha value is -0.480. The molecule has 17 heavy (non-hydrogen) atoms. The minimum Gasteiger partial charge on any atom is -0.398 e. The van der Waals surface area contributed by atoms with Crippen LogP contribution in [0.15, 0.2) is 15.9 Å². The van der Waals surface area contributed by atoms with Crippen molar-refractivity contribution in [3.63, 3.8) is 0 Å². The third-order valence-electron chi connectivity index (χ3n) is 2.24. The minimum atomic E-state index is 0.485. The summed E-state index contributed by atoms with van der Waals surface area (Å²) in [4.78, 5) is 2.19. The largest absolute Gasteiger partial charge is 0.398 e. The standard InChI is InChI=1S/C13H22N2S2/c1-7(2)16-10-6-9(5)11(14)13(12(10)15)17-8(3)4/h6-8H,14-15H2,1-5H3. The van der Waals surface area contributed by atoms with Crippen molar-refractivity contribution in [3.05, 3.63) is 11.6 Å². The molecule has 1 aromatic rings. The van der Waals surface area contributed by atoms with E-state index in [1.165, 1.54) is 0 Å². The van der Waals surface area contributed by atoms with Gasteiger partial charge in [0.15, 0.2) is 0 Å². The summed E-state index contributed by atoms with van der Waals surface area (Å²) in [6.07, 6.45) is 0. The van der Waals surface area contributed by atoms with Gasteiger partial charge in [0.2, 0.25) is 0 Å². The summed E-state index contributed by atoms with van der Waals surface area (Å²) in [6, 6.07) is 2.10. The Morgan fingerprint density at radius 3 is 1.94 bits per heavy atom. The predicted octanol–water partition coefficient (Wildman–Crippen LogP) is 4.16. The lowest BCUT2D eigenvalue weighted by Crippen LogP contribution is -2.03. The molecular weight excluding hydrogens is 248 g/mol. The van der Waals surface area contributed by atoms with Crippen LogP contribution < -0.4 is 11.5 Å². The zero-order chi connectivity index (χ0) is 13.2. The molecule has 0 fully saturated rings. The second-order valence-electron chi connectivity index (χ2n) is 4.68. The van der Waals surface area contributed by atoms with Crippen molar-refractivity contribution in [3.8, 4) is 0 Å². The summed E-state index contributed by atoms with van der Waals surface area (Å²) < 4.78 is 0. The second-order valence-corrected chi connectivity index (χ2v) is 7.89. The smallest absolute Gasteiger partial charge is 0.0611 e. The molecule has 1 aromatic carbocycles. The number of thioether (sulfide) groups is 2. The maximum Gasteiger partial charge on any atom is 0.0611 e. The summed E-state index contributed by atoms with van der Waals surface area (Å²) in [5, 5.41) is 1.01. The van der Waals surface area contributed by atoms with Crippen LogP contribution in [0.3, 0.4) is 0 Å². The van der Waals surface area contributed by atoms with Gasteiger partial charge >= 0.3 is 0 Å². The van der Waals surface area contributed by atoms with Crippen molar-refractivity contribution < 1.29 is 0 Å². The van der Waals surface area contributed by atoms with Crippen LogP contribution in [-0.2, 0) is 0 Å². The molecule has 0 radical (unpaired) electrons. The fraction of sp³-hybridized carbons (Fsp3) is 0.538. The van der Waals surface area contributed by atoms with Crippen LogP contribution in [0, 0.1) is 6.92 Å². The van der Waals surface area contributed by atoms with E-state index in [0.717, 1.165) is 26.7 Å². The van der Waals surface area contributed by atoms with Crippen molar-refractivity contribution in [2.75, 3.05) is 11.5 Å². The van der Waals surface area contributed by atoms with Gasteiger partial charge < -0.3 is 11.5 Å². The highest BCUT2D eigenvalue weighted by molar-refractivity contribution is 8.01. The Balaban J connectivity index is 3.22. The van der Waals surface area contributed by atoms with Gasteiger partial charge in [0.1, 0.15) is 0 Å². The fourth-order valence-electron chi connectivity index (χ4n) is 1.50. The van der Waals surface area contributed by atoms with Gasteiger partial charge in [0.05, 0.1) is 16.3 Å².